The molecule has 3 rings (SSSR count). The molecule has 1 fully saturated rings. The fourth-order valence-corrected chi connectivity index (χ4v) is 3.89. The Morgan fingerprint density at radius 1 is 1.33 bits per heavy atom. The number of amides is 1. The number of benzene rings is 1. The second-order valence-corrected chi connectivity index (χ2v) is 7.83. The van der Waals surface area contributed by atoms with Crippen LogP contribution in [0.2, 0.25) is 0 Å². The first-order valence-electron chi connectivity index (χ1n) is 9.79. The summed E-state index contributed by atoms with van der Waals surface area (Å²) in [5, 5.41) is 3.89. The van der Waals surface area contributed by atoms with E-state index in [0.717, 1.165) is 54.9 Å². The van der Waals surface area contributed by atoms with E-state index in [0.29, 0.717) is 18.5 Å². The van der Waals surface area contributed by atoms with Gasteiger partial charge in [-0.3, -0.25) is 9.69 Å². The maximum atomic E-state index is 13.6. The number of hydrogen-bond donors (Lipinski definition) is 2. The smallest absolute Gasteiger partial charge is 0.224 e. The van der Waals surface area contributed by atoms with Gasteiger partial charge in [0.2, 0.25) is 5.91 Å². The van der Waals surface area contributed by atoms with E-state index in [9.17, 15) is 9.18 Å². The van der Waals surface area contributed by atoms with Gasteiger partial charge in [0.15, 0.2) is 0 Å². The van der Waals surface area contributed by atoms with Crippen molar-refractivity contribution in [1.82, 2.24) is 15.2 Å². The van der Waals surface area contributed by atoms with E-state index < -0.39 is 0 Å². The topological polar surface area (TPSA) is 57.4 Å². The van der Waals surface area contributed by atoms with Crippen LogP contribution in [0.25, 0.3) is 10.9 Å². The van der Waals surface area contributed by atoms with Gasteiger partial charge in [0.1, 0.15) is 5.82 Å². The summed E-state index contributed by atoms with van der Waals surface area (Å²) in [5.41, 5.74) is 2.65. The number of fused-ring (bicyclic) bond motifs is 1. The summed E-state index contributed by atoms with van der Waals surface area (Å²) >= 11 is 0. The first-order chi connectivity index (χ1) is 12.9. The number of halogens is 1. The van der Waals surface area contributed by atoms with Crippen molar-refractivity contribution in [3.8, 4) is 0 Å². The zero-order valence-electron chi connectivity index (χ0n) is 16.5. The Hall–Kier alpha value is -1.92. The molecule has 0 saturated carbocycles. The van der Waals surface area contributed by atoms with E-state index in [1.807, 2.05) is 6.92 Å². The van der Waals surface area contributed by atoms with Crippen LogP contribution in [0.5, 0.6) is 0 Å². The van der Waals surface area contributed by atoms with E-state index in [-0.39, 0.29) is 18.1 Å². The fraction of sp³-hybridized carbons (Fsp3) is 0.571. The standard InChI is InChI=1S/C21H30FN3O2/c1-14(2)10-17(25-6-8-27-9-7-25)13-23-21(26)12-18-15(3)24-20-5-4-16(22)11-19(18)20/h4-5,11,14,17,24H,6-10,12-13H2,1-3H3,(H,23,26). The molecule has 1 aromatic carbocycles. The fourth-order valence-electron chi connectivity index (χ4n) is 3.89. The molecule has 0 radical (unpaired) electrons. The van der Waals surface area contributed by atoms with E-state index >= 15 is 0 Å². The molecule has 2 N–H and O–H groups in total. The maximum Gasteiger partial charge on any atom is 0.224 e. The van der Waals surface area contributed by atoms with Gasteiger partial charge in [0.05, 0.1) is 19.6 Å². The Balaban J connectivity index is 1.64. The Morgan fingerprint density at radius 2 is 2.07 bits per heavy atom. The number of hydrogen-bond acceptors (Lipinski definition) is 3. The molecule has 1 aliphatic rings. The molecule has 148 valence electrons. The number of carbonyl (C=O) groups is 1. The van der Waals surface area contributed by atoms with Gasteiger partial charge < -0.3 is 15.0 Å². The highest BCUT2D eigenvalue weighted by Gasteiger charge is 2.23. The van der Waals surface area contributed by atoms with Crippen molar-refractivity contribution in [1.29, 1.82) is 0 Å². The first-order valence-corrected chi connectivity index (χ1v) is 9.79. The summed E-state index contributed by atoms with van der Waals surface area (Å²) in [5.74, 6) is 0.256. The highest BCUT2D eigenvalue weighted by Crippen LogP contribution is 2.23. The Morgan fingerprint density at radius 3 is 2.78 bits per heavy atom. The Kier molecular flexibility index (Phi) is 6.50. The molecule has 0 bridgehead atoms. The van der Waals surface area contributed by atoms with Crippen LogP contribution in [0.4, 0.5) is 4.39 Å². The molecule has 27 heavy (non-hydrogen) atoms. The van der Waals surface area contributed by atoms with Crippen LogP contribution in [0.1, 0.15) is 31.5 Å². The molecule has 1 unspecified atom stereocenters. The third-order valence-corrected chi connectivity index (χ3v) is 5.26. The SMILES string of the molecule is Cc1[nH]c2ccc(F)cc2c1CC(=O)NCC(CC(C)C)N1CCOCC1. The minimum atomic E-state index is -0.285. The second kappa shape index (κ2) is 8.85. The summed E-state index contributed by atoms with van der Waals surface area (Å²) in [7, 11) is 0. The Labute approximate surface area is 160 Å². The normalized spacial score (nSPS) is 16.8. The van der Waals surface area contributed by atoms with E-state index in [1.54, 1.807) is 6.07 Å². The third-order valence-electron chi connectivity index (χ3n) is 5.26. The van der Waals surface area contributed by atoms with E-state index in [4.69, 9.17) is 4.74 Å². The maximum absolute atomic E-state index is 13.6. The van der Waals surface area contributed by atoms with Crippen molar-refractivity contribution in [2.24, 2.45) is 5.92 Å². The number of H-pyrrole nitrogens is 1. The summed E-state index contributed by atoms with van der Waals surface area (Å²) in [6.07, 6.45) is 1.30. The number of rotatable bonds is 7. The molecule has 5 nitrogen and oxygen atoms in total. The quantitative estimate of drug-likeness (QED) is 0.782. The van der Waals surface area contributed by atoms with Gasteiger partial charge in [0.25, 0.3) is 0 Å². The average molecular weight is 375 g/mol. The van der Waals surface area contributed by atoms with Gasteiger partial charge in [-0.15, -0.1) is 0 Å². The zero-order chi connectivity index (χ0) is 19.4. The number of nitrogens with zero attached hydrogens (tertiary/aromatic N) is 1. The van der Waals surface area contributed by atoms with E-state index in [2.05, 4.69) is 29.0 Å². The number of aromatic amines is 1. The number of carbonyl (C=O) groups excluding carboxylic acids is 1. The summed E-state index contributed by atoms with van der Waals surface area (Å²) in [6, 6.07) is 4.97. The van der Waals surface area contributed by atoms with Crippen LogP contribution in [0, 0.1) is 18.7 Å². The van der Waals surface area contributed by atoms with Gasteiger partial charge >= 0.3 is 0 Å². The van der Waals surface area contributed by atoms with Gasteiger partial charge in [-0.05, 0) is 43.0 Å². The van der Waals surface area contributed by atoms with Gasteiger partial charge in [-0.2, -0.15) is 0 Å². The van der Waals surface area contributed by atoms with Crippen molar-refractivity contribution in [3.05, 3.63) is 35.3 Å². The summed E-state index contributed by atoms with van der Waals surface area (Å²) in [4.78, 5) is 18.2. The van der Waals surface area contributed by atoms with Crippen LogP contribution >= 0.6 is 0 Å². The second-order valence-electron chi connectivity index (χ2n) is 7.83. The molecule has 1 atom stereocenters. The van der Waals surface area contributed by atoms with Crippen molar-refractivity contribution < 1.29 is 13.9 Å². The molecule has 1 aliphatic heterocycles. The molecule has 6 heteroatoms. The van der Waals surface area contributed by atoms with E-state index in [1.165, 1.54) is 12.1 Å². The number of aryl methyl sites for hydroxylation is 1. The lowest BCUT2D eigenvalue weighted by molar-refractivity contribution is -0.120. The highest BCUT2D eigenvalue weighted by atomic mass is 19.1. The van der Waals surface area contributed by atoms with Gasteiger partial charge in [0, 0.05) is 42.3 Å². The predicted molar refractivity (Wildman–Crippen MR) is 105 cm³/mol. The molecule has 1 amide bonds. The van der Waals surface area contributed by atoms with Crippen molar-refractivity contribution in [2.45, 2.75) is 39.7 Å². The third kappa shape index (κ3) is 5.08. The highest BCUT2D eigenvalue weighted by molar-refractivity contribution is 5.90. The molecule has 1 aromatic heterocycles. The average Bonchev–Trinajstić information content (AvgIpc) is 2.94. The van der Waals surface area contributed by atoms with Crippen LogP contribution in [-0.2, 0) is 16.0 Å². The largest absolute Gasteiger partial charge is 0.379 e. The minimum Gasteiger partial charge on any atom is -0.379 e. The number of ether oxygens (including phenoxy) is 1. The first kappa shape index (κ1) is 19.8. The summed E-state index contributed by atoms with van der Waals surface area (Å²) in [6.45, 7) is 10.3. The molecule has 0 spiro atoms. The monoisotopic (exact) mass is 375 g/mol. The lowest BCUT2D eigenvalue weighted by atomic mass is 10.0. The van der Waals surface area contributed by atoms with Crippen molar-refractivity contribution >= 4 is 16.8 Å². The minimum absolute atomic E-state index is 0.0229. The molecule has 0 aliphatic carbocycles. The van der Waals surface area contributed by atoms with Crippen LogP contribution in [0.3, 0.4) is 0 Å². The number of aromatic nitrogens is 1. The van der Waals surface area contributed by atoms with Crippen LogP contribution in [-0.4, -0.2) is 54.7 Å². The lowest BCUT2D eigenvalue weighted by Crippen LogP contribution is -2.49. The molecular weight excluding hydrogens is 345 g/mol. The molecule has 1 saturated heterocycles. The molecule has 2 heterocycles. The molecular formula is C21H30FN3O2. The zero-order valence-corrected chi connectivity index (χ0v) is 16.5. The summed E-state index contributed by atoms with van der Waals surface area (Å²) < 4.78 is 19.1. The van der Waals surface area contributed by atoms with Crippen LogP contribution in [0.15, 0.2) is 18.2 Å². The Bertz CT molecular complexity index is 781. The number of morpholine rings is 1. The molecule has 2 aromatic rings. The van der Waals surface area contributed by atoms with Crippen molar-refractivity contribution in [3.63, 3.8) is 0 Å². The van der Waals surface area contributed by atoms with Gasteiger partial charge in [-0.25, -0.2) is 4.39 Å². The van der Waals surface area contributed by atoms with Crippen molar-refractivity contribution in [2.75, 3.05) is 32.8 Å². The van der Waals surface area contributed by atoms with Gasteiger partial charge in [-0.1, -0.05) is 13.8 Å². The lowest BCUT2D eigenvalue weighted by Gasteiger charge is -2.35. The van der Waals surface area contributed by atoms with Crippen LogP contribution < -0.4 is 5.32 Å². The predicted octanol–water partition coefficient (Wildman–Crippen LogP) is 3.02. The number of nitrogens with one attached hydrogen (secondary N) is 2.